The van der Waals surface area contributed by atoms with Gasteiger partial charge in [0, 0.05) is 17.1 Å². The van der Waals surface area contributed by atoms with E-state index in [1.54, 1.807) is 36.5 Å². The molecule has 1 aliphatic carbocycles. The molecule has 1 amide bonds. The number of nitrogens with one attached hydrogen (secondary N) is 1. The Balaban J connectivity index is 1.89. The zero-order valence-corrected chi connectivity index (χ0v) is 12.7. The van der Waals surface area contributed by atoms with Crippen molar-refractivity contribution in [2.24, 2.45) is 0 Å². The number of hydrogen-bond acceptors (Lipinski definition) is 4. The Labute approximate surface area is 129 Å². The first-order valence-electron chi connectivity index (χ1n) is 7.12. The fourth-order valence-electron chi connectivity index (χ4n) is 2.62. The van der Waals surface area contributed by atoms with Crippen LogP contribution >= 0.6 is 0 Å². The minimum atomic E-state index is -3.67. The number of carbonyl (C=O) groups is 1. The van der Waals surface area contributed by atoms with Crippen LogP contribution in [0.1, 0.15) is 29.6 Å². The zero-order valence-electron chi connectivity index (χ0n) is 11.9. The second-order valence-corrected chi connectivity index (χ2v) is 7.22. The van der Waals surface area contributed by atoms with E-state index in [0.29, 0.717) is 29.3 Å². The molecule has 0 fully saturated rings. The number of carbonyl (C=O) groups excluding carboxylic acids is 1. The number of benzene rings is 1. The SMILES string of the molecule is O=C(NS(=O)(=O)[C@H]1CC=CCC1)c1cccc2ncccc12. The van der Waals surface area contributed by atoms with Crippen molar-refractivity contribution in [1.29, 1.82) is 0 Å². The van der Waals surface area contributed by atoms with Gasteiger partial charge in [0.05, 0.1) is 10.8 Å². The molecule has 1 atom stereocenters. The molecule has 22 heavy (non-hydrogen) atoms. The number of amides is 1. The minimum absolute atomic E-state index is 0.320. The molecule has 1 aromatic carbocycles. The van der Waals surface area contributed by atoms with Crippen molar-refractivity contribution in [3.8, 4) is 0 Å². The van der Waals surface area contributed by atoms with E-state index >= 15 is 0 Å². The van der Waals surface area contributed by atoms with Crippen molar-refractivity contribution in [2.45, 2.75) is 24.5 Å². The van der Waals surface area contributed by atoms with E-state index in [4.69, 9.17) is 0 Å². The summed E-state index contributed by atoms with van der Waals surface area (Å²) in [6, 6.07) is 8.56. The summed E-state index contributed by atoms with van der Waals surface area (Å²) in [5, 5.41) is 0.0933. The molecule has 0 radical (unpaired) electrons. The van der Waals surface area contributed by atoms with Gasteiger partial charge >= 0.3 is 0 Å². The Bertz CT molecular complexity index is 838. The van der Waals surface area contributed by atoms with Crippen molar-refractivity contribution < 1.29 is 13.2 Å². The Kier molecular flexibility index (Phi) is 3.94. The summed E-state index contributed by atoms with van der Waals surface area (Å²) >= 11 is 0. The van der Waals surface area contributed by atoms with Crippen molar-refractivity contribution in [1.82, 2.24) is 9.71 Å². The molecule has 0 aliphatic heterocycles. The van der Waals surface area contributed by atoms with Gasteiger partial charge in [0.1, 0.15) is 0 Å². The maximum absolute atomic E-state index is 12.4. The van der Waals surface area contributed by atoms with Crippen LogP contribution in [0.25, 0.3) is 10.9 Å². The zero-order chi connectivity index (χ0) is 15.6. The third-order valence-corrected chi connectivity index (χ3v) is 5.56. The Morgan fingerprint density at radius 3 is 2.82 bits per heavy atom. The van der Waals surface area contributed by atoms with Crippen LogP contribution < -0.4 is 4.72 Å². The van der Waals surface area contributed by atoms with Crippen molar-refractivity contribution in [2.75, 3.05) is 0 Å². The average molecular weight is 316 g/mol. The fraction of sp³-hybridized carbons (Fsp3) is 0.250. The summed E-state index contributed by atoms with van der Waals surface area (Å²) in [5.74, 6) is -0.604. The molecule has 114 valence electrons. The highest BCUT2D eigenvalue weighted by atomic mass is 32.2. The van der Waals surface area contributed by atoms with E-state index in [1.165, 1.54) is 0 Å². The van der Waals surface area contributed by atoms with Gasteiger partial charge in [0.25, 0.3) is 5.91 Å². The molecule has 0 unspecified atom stereocenters. The lowest BCUT2D eigenvalue weighted by Gasteiger charge is -2.18. The molecule has 1 heterocycles. The number of pyridine rings is 1. The summed E-state index contributed by atoms with van der Waals surface area (Å²) in [5.41, 5.74) is 0.980. The van der Waals surface area contributed by atoms with Gasteiger partial charge in [0.2, 0.25) is 10.0 Å². The van der Waals surface area contributed by atoms with Gasteiger partial charge in [-0.25, -0.2) is 13.1 Å². The van der Waals surface area contributed by atoms with Crippen LogP contribution in [0.4, 0.5) is 0 Å². The normalized spacial score (nSPS) is 18.3. The molecular formula is C16H16N2O3S. The molecule has 1 aromatic heterocycles. The first-order valence-corrected chi connectivity index (χ1v) is 8.67. The number of allylic oxidation sites excluding steroid dienone is 2. The fourth-order valence-corrected chi connectivity index (χ4v) is 3.96. The van der Waals surface area contributed by atoms with Gasteiger partial charge in [-0.15, -0.1) is 0 Å². The van der Waals surface area contributed by atoms with Gasteiger partial charge in [-0.05, 0) is 37.5 Å². The largest absolute Gasteiger partial charge is 0.268 e. The van der Waals surface area contributed by atoms with E-state index in [2.05, 4.69) is 9.71 Å². The quantitative estimate of drug-likeness (QED) is 0.882. The topological polar surface area (TPSA) is 76.1 Å². The predicted octanol–water partition coefficient (Wildman–Crippen LogP) is 2.40. The lowest BCUT2D eigenvalue weighted by atomic mass is 10.1. The Morgan fingerprint density at radius 2 is 2.05 bits per heavy atom. The third kappa shape index (κ3) is 2.87. The number of hydrogen-bond donors (Lipinski definition) is 1. The summed E-state index contributed by atoms with van der Waals surface area (Å²) in [7, 11) is -3.67. The molecule has 1 N–H and O–H groups in total. The maximum atomic E-state index is 12.4. The molecule has 3 rings (SSSR count). The van der Waals surface area contributed by atoms with Crippen molar-refractivity contribution in [3.05, 3.63) is 54.2 Å². The summed E-state index contributed by atoms with van der Waals surface area (Å²) in [6.07, 6.45) is 7.15. The van der Waals surface area contributed by atoms with E-state index in [9.17, 15) is 13.2 Å². The first-order chi connectivity index (χ1) is 10.6. The van der Waals surface area contributed by atoms with E-state index in [-0.39, 0.29) is 0 Å². The van der Waals surface area contributed by atoms with Gasteiger partial charge in [-0.1, -0.05) is 24.3 Å². The van der Waals surface area contributed by atoms with E-state index in [0.717, 1.165) is 6.42 Å². The van der Waals surface area contributed by atoms with Crippen LogP contribution in [-0.2, 0) is 10.0 Å². The highest BCUT2D eigenvalue weighted by Gasteiger charge is 2.28. The predicted molar refractivity (Wildman–Crippen MR) is 84.9 cm³/mol. The first kappa shape index (κ1) is 14.7. The molecule has 5 nitrogen and oxygen atoms in total. The van der Waals surface area contributed by atoms with Crippen LogP contribution in [0.15, 0.2) is 48.7 Å². The minimum Gasteiger partial charge on any atom is -0.268 e. The summed E-state index contributed by atoms with van der Waals surface area (Å²) < 4.78 is 26.9. The molecule has 0 saturated carbocycles. The number of sulfonamides is 1. The van der Waals surface area contributed by atoms with E-state index < -0.39 is 21.2 Å². The Morgan fingerprint density at radius 1 is 1.18 bits per heavy atom. The third-order valence-electron chi connectivity index (χ3n) is 3.79. The number of rotatable bonds is 3. The highest BCUT2D eigenvalue weighted by molar-refractivity contribution is 7.90. The van der Waals surface area contributed by atoms with Crippen LogP contribution in [-0.4, -0.2) is 24.6 Å². The van der Waals surface area contributed by atoms with Gasteiger partial charge in [-0.3, -0.25) is 9.78 Å². The molecule has 6 heteroatoms. The average Bonchev–Trinajstić information content (AvgIpc) is 2.54. The molecule has 1 aliphatic rings. The maximum Gasteiger partial charge on any atom is 0.265 e. The number of aromatic nitrogens is 1. The van der Waals surface area contributed by atoms with Crippen LogP contribution in [0.3, 0.4) is 0 Å². The second kappa shape index (κ2) is 5.88. The van der Waals surface area contributed by atoms with Crippen LogP contribution in [0.5, 0.6) is 0 Å². The molecular weight excluding hydrogens is 300 g/mol. The number of nitrogens with zero attached hydrogens (tertiary/aromatic N) is 1. The van der Waals surface area contributed by atoms with Gasteiger partial charge in [-0.2, -0.15) is 0 Å². The van der Waals surface area contributed by atoms with E-state index in [1.807, 2.05) is 12.2 Å². The smallest absolute Gasteiger partial charge is 0.265 e. The lowest BCUT2D eigenvalue weighted by Crippen LogP contribution is -2.38. The van der Waals surface area contributed by atoms with Crippen LogP contribution in [0.2, 0.25) is 0 Å². The lowest BCUT2D eigenvalue weighted by molar-refractivity contribution is 0.0982. The second-order valence-electron chi connectivity index (χ2n) is 5.26. The highest BCUT2D eigenvalue weighted by Crippen LogP contribution is 2.20. The van der Waals surface area contributed by atoms with Crippen molar-refractivity contribution >= 4 is 26.8 Å². The molecule has 0 bridgehead atoms. The molecule has 0 spiro atoms. The molecule has 2 aromatic rings. The van der Waals surface area contributed by atoms with Gasteiger partial charge < -0.3 is 0 Å². The van der Waals surface area contributed by atoms with Gasteiger partial charge in [0.15, 0.2) is 0 Å². The molecule has 0 saturated heterocycles. The standard InChI is InChI=1S/C16H16N2O3S/c19-16(18-22(20,21)12-6-2-1-3-7-12)14-8-4-10-15-13(14)9-5-11-17-15/h1-2,4-5,8-12H,3,6-7H2,(H,18,19)/t12-/m0/s1. The van der Waals surface area contributed by atoms with Crippen LogP contribution in [0, 0.1) is 0 Å². The monoisotopic (exact) mass is 316 g/mol. The number of fused-ring (bicyclic) bond motifs is 1. The summed E-state index contributed by atoms with van der Waals surface area (Å²) in [6.45, 7) is 0. The Hall–Kier alpha value is -2.21. The van der Waals surface area contributed by atoms with Crippen molar-refractivity contribution in [3.63, 3.8) is 0 Å². The summed E-state index contributed by atoms with van der Waals surface area (Å²) in [4.78, 5) is 16.6.